The lowest BCUT2D eigenvalue weighted by atomic mass is 10.1. The highest BCUT2D eigenvalue weighted by molar-refractivity contribution is 5.94. The molecule has 0 N–H and O–H groups in total. The average molecular weight is 267 g/mol. The molecule has 0 saturated heterocycles. The minimum Gasteiger partial charge on any atom is -0.484 e. The van der Waals surface area contributed by atoms with Gasteiger partial charge in [0.05, 0.1) is 0 Å². The summed E-state index contributed by atoms with van der Waals surface area (Å²) in [5.41, 5.74) is 2.23. The Hall–Kier alpha value is -2.62. The number of oxazole rings is 1. The van der Waals surface area contributed by atoms with Gasteiger partial charge in [-0.3, -0.25) is 4.79 Å². The van der Waals surface area contributed by atoms with Gasteiger partial charge in [-0.2, -0.15) is 0 Å². The van der Waals surface area contributed by atoms with Crippen LogP contribution in [0.2, 0.25) is 0 Å². The quantitative estimate of drug-likeness (QED) is 0.677. The summed E-state index contributed by atoms with van der Waals surface area (Å²) in [6.07, 6.45) is 0. The Balaban J connectivity index is 1.71. The Labute approximate surface area is 116 Å². The lowest BCUT2D eigenvalue weighted by molar-refractivity contribution is 0.101. The fraction of sp³-hybridized carbons (Fsp3) is 0.125. The van der Waals surface area contributed by atoms with Gasteiger partial charge in [0.15, 0.2) is 18.0 Å². The van der Waals surface area contributed by atoms with Gasteiger partial charge in [0.1, 0.15) is 11.3 Å². The fourth-order valence-corrected chi connectivity index (χ4v) is 1.91. The summed E-state index contributed by atoms with van der Waals surface area (Å²) in [5.74, 6) is 1.25. The highest BCUT2D eigenvalue weighted by Gasteiger charge is 2.06. The van der Waals surface area contributed by atoms with Crippen LogP contribution >= 0.6 is 0 Å². The average Bonchev–Trinajstić information content (AvgIpc) is 2.88. The van der Waals surface area contributed by atoms with Gasteiger partial charge in [0.2, 0.25) is 5.89 Å². The molecule has 0 bridgehead atoms. The SMILES string of the molecule is CC(=O)c1ccc(OCc2nc3ccccc3o2)cc1. The maximum Gasteiger partial charge on any atom is 0.233 e. The standard InChI is InChI=1S/C16H13NO3/c1-11(18)12-6-8-13(9-7-12)19-10-16-17-14-4-2-3-5-15(14)20-16/h2-9H,10H2,1H3. The number of Topliss-reactive ketones (excluding diaryl/α,β-unsaturated/α-hetero) is 1. The van der Waals surface area contributed by atoms with Crippen molar-refractivity contribution >= 4 is 16.9 Å². The van der Waals surface area contributed by atoms with Crippen LogP contribution in [0.3, 0.4) is 0 Å². The van der Waals surface area contributed by atoms with Gasteiger partial charge >= 0.3 is 0 Å². The number of nitrogens with zero attached hydrogens (tertiary/aromatic N) is 1. The third-order valence-electron chi connectivity index (χ3n) is 2.96. The van der Waals surface area contributed by atoms with E-state index in [0.29, 0.717) is 17.2 Å². The second-order valence-electron chi connectivity index (χ2n) is 4.44. The molecule has 4 heteroatoms. The zero-order valence-corrected chi connectivity index (χ0v) is 11.0. The third kappa shape index (κ3) is 2.54. The van der Waals surface area contributed by atoms with E-state index in [0.717, 1.165) is 11.1 Å². The van der Waals surface area contributed by atoms with Gasteiger partial charge in [-0.15, -0.1) is 0 Å². The molecule has 1 heterocycles. The summed E-state index contributed by atoms with van der Waals surface area (Å²) >= 11 is 0. The summed E-state index contributed by atoms with van der Waals surface area (Å²) < 4.78 is 11.2. The lowest BCUT2D eigenvalue weighted by Crippen LogP contribution is -1.96. The van der Waals surface area contributed by atoms with Crippen molar-refractivity contribution in [2.75, 3.05) is 0 Å². The smallest absolute Gasteiger partial charge is 0.233 e. The van der Waals surface area contributed by atoms with Crippen LogP contribution in [0.4, 0.5) is 0 Å². The molecule has 0 aliphatic heterocycles. The number of para-hydroxylation sites is 2. The lowest BCUT2D eigenvalue weighted by Gasteiger charge is -2.03. The predicted octanol–water partition coefficient (Wildman–Crippen LogP) is 3.61. The van der Waals surface area contributed by atoms with Gasteiger partial charge < -0.3 is 9.15 Å². The second-order valence-corrected chi connectivity index (χ2v) is 4.44. The number of rotatable bonds is 4. The van der Waals surface area contributed by atoms with Crippen LogP contribution in [-0.4, -0.2) is 10.8 Å². The molecule has 1 aromatic heterocycles. The summed E-state index contributed by atoms with van der Waals surface area (Å²) in [6.45, 7) is 1.79. The summed E-state index contributed by atoms with van der Waals surface area (Å²) in [4.78, 5) is 15.5. The molecule has 2 aromatic carbocycles. The molecular weight excluding hydrogens is 254 g/mol. The van der Waals surface area contributed by atoms with E-state index in [9.17, 15) is 4.79 Å². The van der Waals surface area contributed by atoms with Crippen LogP contribution in [-0.2, 0) is 6.61 Å². The molecule has 0 aliphatic rings. The Kier molecular flexibility index (Phi) is 3.21. The molecule has 100 valence electrons. The van der Waals surface area contributed by atoms with Gasteiger partial charge in [-0.1, -0.05) is 12.1 Å². The normalized spacial score (nSPS) is 10.7. The molecule has 0 atom stereocenters. The van der Waals surface area contributed by atoms with Crippen molar-refractivity contribution in [3.05, 3.63) is 60.0 Å². The van der Waals surface area contributed by atoms with E-state index in [1.807, 2.05) is 24.3 Å². The Morgan fingerprint density at radius 2 is 1.90 bits per heavy atom. The molecule has 0 aliphatic carbocycles. The number of carbonyl (C=O) groups is 1. The van der Waals surface area contributed by atoms with E-state index in [-0.39, 0.29) is 12.4 Å². The zero-order chi connectivity index (χ0) is 13.9. The largest absolute Gasteiger partial charge is 0.484 e. The van der Waals surface area contributed by atoms with Crippen molar-refractivity contribution in [3.63, 3.8) is 0 Å². The van der Waals surface area contributed by atoms with E-state index in [1.165, 1.54) is 6.92 Å². The van der Waals surface area contributed by atoms with Crippen LogP contribution < -0.4 is 4.74 Å². The van der Waals surface area contributed by atoms with E-state index in [1.54, 1.807) is 24.3 Å². The zero-order valence-electron chi connectivity index (χ0n) is 11.0. The van der Waals surface area contributed by atoms with Crippen molar-refractivity contribution in [1.82, 2.24) is 4.98 Å². The van der Waals surface area contributed by atoms with Gasteiger partial charge in [0.25, 0.3) is 0 Å². The van der Waals surface area contributed by atoms with Crippen molar-refractivity contribution in [3.8, 4) is 5.75 Å². The molecule has 3 rings (SSSR count). The minimum absolute atomic E-state index is 0.0375. The first kappa shape index (κ1) is 12.4. The van der Waals surface area contributed by atoms with E-state index >= 15 is 0 Å². The van der Waals surface area contributed by atoms with Crippen LogP contribution in [0.25, 0.3) is 11.1 Å². The Bertz CT molecular complexity index is 711. The van der Waals surface area contributed by atoms with E-state index < -0.39 is 0 Å². The molecule has 0 spiro atoms. The first-order chi connectivity index (χ1) is 9.72. The summed E-state index contributed by atoms with van der Waals surface area (Å²) in [7, 11) is 0. The monoisotopic (exact) mass is 267 g/mol. The van der Waals surface area contributed by atoms with Crippen molar-refractivity contribution < 1.29 is 13.9 Å². The predicted molar refractivity (Wildman–Crippen MR) is 74.8 cm³/mol. The summed E-state index contributed by atoms with van der Waals surface area (Å²) in [6, 6.07) is 14.6. The van der Waals surface area contributed by atoms with E-state index in [2.05, 4.69) is 4.98 Å². The number of ether oxygens (including phenoxy) is 1. The van der Waals surface area contributed by atoms with E-state index in [4.69, 9.17) is 9.15 Å². The Morgan fingerprint density at radius 3 is 2.60 bits per heavy atom. The Morgan fingerprint density at radius 1 is 1.15 bits per heavy atom. The highest BCUT2D eigenvalue weighted by atomic mass is 16.5. The first-order valence-corrected chi connectivity index (χ1v) is 6.30. The molecule has 0 saturated carbocycles. The van der Waals surface area contributed by atoms with Crippen molar-refractivity contribution in [2.45, 2.75) is 13.5 Å². The molecule has 20 heavy (non-hydrogen) atoms. The topological polar surface area (TPSA) is 52.3 Å². The molecule has 0 unspecified atom stereocenters. The fourth-order valence-electron chi connectivity index (χ4n) is 1.91. The van der Waals surface area contributed by atoms with Gasteiger partial charge in [0, 0.05) is 5.56 Å². The number of benzene rings is 2. The number of aromatic nitrogens is 1. The second kappa shape index (κ2) is 5.17. The maximum atomic E-state index is 11.2. The van der Waals surface area contributed by atoms with Crippen LogP contribution in [0.15, 0.2) is 52.9 Å². The molecule has 3 aromatic rings. The van der Waals surface area contributed by atoms with Gasteiger partial charge in [-0.25, -0.2) is 4.98 Å². The van der Waals surface area contributed by atoms with Crippen molar-refractivity contribution in [2.24, 2.45) is 0 Å². The number of hydrogen-bond acceptors (Lipinski definition) is 4. The molecule has 4 nitrogen and oxygen atoms in total. The van der Waals surface area contributed by atoms with Crippen LogP contribution in [0.1, 0.15) is 23.2 Å². The summed E-state index contributed by atoms with van der Waals surface area (Å²) in [5, 5.41) is 0. The minimum atomic E-state index is 0.0375. The van der Waals surface area contributed by atoms with Crippen LogP contribution in [0.5, 0.6) is 5.75 Å². The number of carbonyl (C=O) groups excluding carboxylic acids is 1. The molecule has 0 amide bonds. The van der Waals surface area contributed by atoms with Crippen LogP contribution in [0, 0.1) is 0 Å². The number of hydrogen-bond donors (Lipinski definition) is 0. The number of fused-ring (bicyclic) bond motifs is 1. The third-order valence-corrected chi connectivity index (χ3v) is 2.96. The molecule has 0 fully saturated rings. The number of ketones is 1. The highest BCUT2D eigenvalue weighted by Crippen LogP contribution is 2.18. The first-order valence-electron chi connectivity index (χ1n) is 6.30. The van der Waals surface area contributed by atoms with Gasteiger partial charge in [-0.05, 0) is 43.3 Å². The molecular formula is C16H13NO3. The maximum absolute atomic E-state index is 11.2. The van der Waals surface area contributed by atoms with Crippen molar-refractivity contribution in [1.29, 1.82) is 0 Å². The molecule has 0 radical (unpaired) electrons.